The Bertz CT molecular complexity index is 824. The van der Waals surface area contributed by atoms with Crippen molar-refractivity contribution in [1.29, 1.82) is 0 Å². The third-order valence-corrected chi connectivity index (χ3v) is 5.84. The summed E-state index contributed by atoms with van der Waals surface area (Å²) in [4.78, 5) is 26.0. The molecule has 1 aliphatic heterocycles. The van der Waals surface area contributed by atoms with Gasteiger partial charge in [-0.3, -0.25) is 4.79 Å². The van der Waals surface area contributed by atoms with Crippen LogP contribution in [0.1, 0.15) is 52.8 Å². The molecule has 0 atom stereocenters. The molecule has 0 spiro atoms. The van der Waals surface area contributed by atoms with Gasteiger partial charge in [0, 0.05) is 37.6 Å². The van der Waals surface area contributed by atoms with Gasteiger partial charge in [0.2, 0.25) is 0 Å². The van der Waals surface area contributed by atoms with E-state index < -0.39 is 0 Å². The summed E-state index contributed by atoms with van der Waals surface area (Å²) in [6.45, 7) is 7.94. The number of nitrogens with one attached hydrogen (secondary N) is 1. The highest BCUT2D eigenvalue weighted by Crippen LogP contribution is 2.14. The van der Waals surface area contributed by atoms with Crippen molar-refractivity contribution in [2.75, 3.05) is 26.7 Å². The standard InChI is InChI=1S/C22H31N5OS/c1-4-23-22(26(3)15-20-16-29-17(2)25-20)24-14-18-8-10-19(11-9-18)21(28)27-12-6-5-7-13-27/h8-11,16H,4-7,12-15H2,1-3H3,(H,23,24). The first kappa shape index (κ1) is 21.3. The van der Waals surface area contributed by atoms with Gasteiger partial charge in [0.05, 0.1) is 23.8 Å². The van der Waals surface area contributed by atoms with Crippen molar-refractivity contribution < 1.29 is 4.79 Å². The number of aromatic nitrogens is 1. The SMILES string of the molecule is CCNC(=NCc1ccc(C(=O)N2CCCCC2)cc1)N(C)Cc1csc(C)n1. The Kier molecular flexibility index (Phi) is 7.63. The lowest BCUT2D eigenvalue weighted by molar-refractivity contribution is 0.0724. The summed E-state index contributed by atoms with van der Waals surface area (Å²) in [5.74, 6) is 0.998. The first-order valence-corrected chi connectivity index (χ1v) is 11.2. The van der Waals surface area contributed by atoms with Gasteiger partial charge >= 0.3 is 0 Å². The molecule has 1 saturated heterocycles. The number of aryl methyl sites for hydroxylation is 1. The maximum Gasteiger partial charge on any atom is 0.253 e. The average molecular weight is 414 g/mol. The molecule has 3 rings (SSSR count). The van der Waals surface area contributed by atoms with Crippen LogP contribution in [0, 0.1) is 6.92 Å². The van der Waals surface area contributed by atoms with E-state index in [0.29, 0.717) is 6.54 Å². The smallest absolute Gasteiger partial charge is 0.253 e. The predicted molar refractivity (Wildman–Crippen MR) is 119 cm³/mol. The van der Waals surface area contributed by atoms with Crippen molar-refractivity contribution in [2.45, 2.75) is 46.2 Å². The molecule has 0 bridgehead atoms. The molecule has 0 saturated carbocycles. The lowest BCUT2D eigenvalue weighted by Crippen LogP contribution is -2.38. The summed E-state index contributed by atoms with van der Waals surface area (Å²) in [6, 6.07) is 7.87. The van der Waals surface area contributed by atoms with E-state index in [0.717, 1.165) is 66.8 Å². The summed E-state index contributed by atoms with van der Waals surface area (Å²) in [6.07, 6.45) is 3.45. The molecular formula is C22H31N5OS. The van der Waals surface area contributed by atoms with Crippen LogP contribution in [0.25, 0.3) is 0 Å². The molecule has 0 radical (unpaired) electrons. The van der Waals surface area contributed by atoms with Crippen molar-refractivity contribution >= 4 is 23.2 Å². The molecule has 1 aliphatic rings. The Morgan fingerprint density at radius 1 is 1.24 bits per heavy atom. The minimum Gasteiger partial charge on any atom is -0.357 e. The number of amides is 1. The van der Waals surface area contributed by atoms with Crippen LogP contribution in [0.4, 0.5) is 0 Å². The highest BCUT2D eigenvalue weighted by molar-refractivity contribution is 7.09. The predicted octanol–water partition coefficient (Wildman–Crippen LogP) is 3.68. The maximum absolute atomic E-state index is 12.6. The second-order valence-corrected chi connectivity index (χ2v) is 8.50. The fourth-order valence-corrected chi connectivity index (χ4v) is 4.07. The van der Waals surface area contributed by atoms with E-state index in [9.17, 15) is 4.79 Å². The normalized spacial score (nSPS) is 14.7. The summed E-state index contributed by atoms with van der Waals surface area (Å²) < 4.78 is 0. The summed E-state index contributed by atoms with van der Waals surface area (Å²) in [5.41, 5.74) is 2.91. The number of thiazole rings is 1. The summed E-state index contributed by atoms with van der Waals surface area (Å²) in [7, 11) is 2.02. The van der Waals surface area contributed by atoms with Gasteiger partial charge in [-0.1, -0.05) is 12.1 Å². The average Bonchev–Trinajstić information content (AvgIpc) is 3.16. The number of nitrogens with zero attached hydrogens (tertiary/aromatic N) is 4. The van der Waals surface area contributed by atoms with Crippen LogP contribution in [0.3, 0.4) is 0 Å². The Hall–Kier alpha value is -2.41. The lowest BCUT2D eigenvalue weighted by atomic mass is 10.1. The third-order valence-electron chi connectivity index (χ3n) is 5.02. The second kappa shape index (κ2) is 10.4. The molecule has 0 aliphatic carbocycles. The highest BCUT2D eigenvalue weighted by Gasteiger charge is 2.17. The fourth-order valence-electron chi connectivity index (χ4n) is 3.47. The molecule has 1 aromatic heterocycles. The van der Waals surface area contributed by atoms with Crippen LogP contribution in [-0.2, 0) is 13.1 Å². The molecule has 1 aromatic carbocycles. The minimum absolute atomic E-state index is 0.145. The summed E-state index contributed by atoms with van der Waals surface area (Å²) >= 11 is 1.67. The molecular weight excluding hydrogens is 382 g/mol. The number of hydrogen-bond donors (Lipinski definition) is 1. The Morgan fingerprint density at radius 3 is 2.59 bits per heavy atom. The van der Waals surface area contributed by atoms with Crippen LogP contribution in [0.5, 0.6) is 0 Å². The van der Waals surface area contributed by atoms with Gasteiger partial charge in [0.25, 0.3) is 5.91 Å². The number of guanidine groups is 1. The molecule has 2 aromatic rings. The lowest BCUT2D eigenvalue weighted by Gasteiger charge is -2.26. The quantitative estimate of drug-likeness (QED) is 0.580. The number of aliphatic imine (C=N–C) groups is 1. The summed E-state index contributed by atoms with van der Waals surface area (Å²) in [5, 5.41) is 6.51. The van der Waals surface area contributed by atoms with Gasteiger partial charge < -0.3 is 15.1 Å². The van der Waals surface area contributed by atoms with Gasteiger partial charge in [0.15, 0.2) is 5.96 Å². The first-order chi connectivity index (χ1) is 14.1. The molecule has 1 fully saturated rings. The number of carbonyl (C=O) groups excluding carboxylic acids is 1. The molecule has 6 nitrogen and oxygen atoms in total. The number of benzene rings is 1. The van der Waals surface area contributed by atoms with Gasteiger partial charge in [-0.15, -0.1) is 11.3 Å². The largest absolute Gasteiger partial charge is 0.357 e. The Balaban J connectivity index is 1.61. The van der Waals surface area contributed by atoms with Crippen LogP contribution >= 0.6 is 11.3 Å². The van der Waals surface area contributed by atoms with Crippen LogP contribution < -0.4 is 5.32 Å². The molecule has 1 N–H and O–H groups in total. The number of carbonyl (C=O) groups is 1. The van der Waals surface area contributed by atoms with Crippen molar-refractivity contribution in [3.05, 3.63) is 51.5 Å². The zero-order chi connectivity index (χ0) is 20.6. The molecule has 1 amide bonds. The van der Waals surface area contributed by atoms with E-state index in [2.05, 4.69) is 27.5 Å². The van der Waals surface area contributed by atoms with Gasteiger partial charge in [-0.05, 0) is 50.8 Å². The van der Waals surface area contributed by atoms with Gasteiger partial charge in [-0.2, -0.15) is 0 Å². The van der Waals surface area contributed by atoms with Crippen LogP contribution in [0.2, 0.25) is 0 Å². The van der Waals surface area contributed by atoms with E-state index in [1.807, 2.05) is 43.1 Å². The first-order valence-electron chi connectivity index (χ1n) is 10.4. The van der Waals surface area contributed by atoms with Crippen molar-refractivity contribution in [3.8, 4) is 0 Å². The number of rotatable bonds is 6. The van der Waals surface area contributed by atoms with Crippen LogP contribution in [0.15, 0.2) is 34.6 Å². The Labute approximate surface area is 177 Å². The van der Waals surface area contributed by atoms with Gasteiger partial charge in [-0.25, -0.2) is 9.98 Å². The Morgan fingerprint density at radius 2 is 1.97 bits per heavy atom. The molecule has 0 unspecified atom stereocenters. The molecule has 2 heterocycles. The van der Waals surface area contributed by atoms with E-state index >= 15 is 0 Å². The zero-order valence-corrected chi connectivity index (χ0v) is 18.5. The fraction of sp³-hybridized carbons (Fsp3) is 0.500. The third kappa shape index (κ3) is 6.03. The topological polar surface area (TPSA) is 60.8 Å². The van der Waals surface area contributed by atoms with Crippen LogP contribution in [-0.4, -0.2) is 53.3 Å². The zero-order valence-electron chi connectivity index (χ0n) is 17.6. The van der Waals surface area contributed by atoms with Gasteiger partial charge in [0.1, 0.15) is 0 Å². The van der Waals surface area contributed by atoms with E-state index in [4.69, 9.17) is 4.99 Å². The molecule has 7 heteroatoms. The number of hydrogen-bond acceptors (Lipinski definition) is 4. The van der Waals surface area contributed by atoms with E-state index in [1.165, 1.54) is 6.42 Å². The second-order valence-electron chi connectivity index (χ2n) is 7.43. The highest BCUT2D eigenvalue weighted by atomic mass is 32.1. The van der Waals surface area contributed by atoms with E-state index in [1.54, 1.807) is 11.3 Å². The maximum atomic E-state index is 12.6. The monoisotopic (exact) mass is 413 g/mol. The molecule has 29 heavy (non-hydrogen) atoms. The minimum atomic E-state index is 0.145. The molecule has 156 valence electrons. The van der Waals surface area contributed by atoms with E-state index in [-0.39, 0.29) is 5.91 Å². The number of piperidine rings is 1. The van der Waals surface area contributed by atoms with Crippen molar-refractivity contribution in [3.63, 3.8) is 0 Å². The van der Waals surface area contributed by atoms with Crippen molar-refractivity contribution in [1.82, 2.24) is 20.1 Å². The number of likely N-dealkylation sites (tertiary alicyclic amines) is 1. The van der Waals surface area contributed by atoms with Crippen molar-refractivity contribution in [2.24, 2.45) is 4.99 Å².